The van der Waals surface area contributed by atoms with Gasteiger partial charge in [-0.15, -0.1) is 11.8 Å². The number of fused-ring (bicyclic) bond motifs is 2. The van der Waals surface area contributed by atoms with Crippen molar-refractivity contribution in [2.75, 3.05) is 30.4 Å². The van der Waals surface area contributed by atoms with Gasteiger partial charge in [-0.3, -0.25) is 14.4 Å². The molecule has 42 heavy (non-hydrogen) atoms. The highest BCUT2D eigenvalue weighted by Crippen LogP contribution is 2.71. The number of benzene rings is 3. The Bertz CT molecular complexity index is 1510. The fourth-order valence-electron chi connectivity index (χ4n) is 7.26. The molecule has 8 nitrogen and oxygen atoms in total. The molecule has 3 N–H and O–H groups in total. The number of anilines is 2. The smallest absolute Gasteiger partial charge is 0.248 e. The molecule has 2 unspecified atom stereocenters. The first-order valence-electron chi connectivity index (χ1n) is 14.7. The molecular weight excluding hydrogens is 550 g/mol. The van der Waals surface area contributed by atoms with Crippen LogP contribution in [-0.4, -0.2) is 63.0 Å². The Morgan fingerprint density at radius 2 is 1.69 bits per heavy atom. The summed E-state index contributed by atoms with van der Waals surface area (Å²) in [6.45, 7) is 4.91. The summed E-state index contributed by atoms with van der Waals surface area (Å²) in [7, 11) is 0. The summed E-state index contributed by atoms with van der Waals surface area (Å²) in [4.78, 5) is 43.9. The number of hydrogen-bond donors (Lipinski definition) is 3. The number of carbonyl (C=O) groups is 3. The van der Waals surface area contributed by atoms with Gasteiger partial charge in [0, 0.05) is 29.3 Å². The van der Waals surface area contributed by atoms with Crippen LogP contribution in [0.2, 0.25) is 0 Å². The number of likely N-dealkylation sites (tertiary alicyclic amines) is 1. The predicted octanol–water partition coefficient (Wildman–Crippen LogP) is 5.07. The van der Waals surface area contributed by atoms with Gasteiger partial charge in [0.25, 0.3) is 0 Å². The largest absolute Gasteiger partial charge is 0.494 e. The van der Waals surface area contributed by atoms with Crippen molar-refractivity contribution >= 4 is 51.6 Å². The van der Waals surface area contributed by atoms with Crippen LogP contribution < -0.4 is 15.4 Å². The second-order valence-corrected chi connectivity index (χ2v) is 13.6. The minimum absolute atomic E-state index is 0.0183. The molecule has 3 aromatic rings. The van der Waals surface area contributed by atoms with Gasteiger partial charge < -0.3 is 25.4 Å². The molecule has 9 heteroatoms. The lowest BCUT2D eigenvalue weighted by atomic mass is 9.66. The van der Waals surface area contributed by atoms with E-state index in [0.717, 1.165) is 22.9 Å². The van der Waals surface area contributed by atoms with E-state index in [1.165, 1.54) is 0 Å². The average molecular weight is 588 g/mol. The van der Waals surface area contributed by atoms with Gasteiger partial charge in [0.15, 0.2) is 0 Å². The van der Waals surface area contributed by atoms with Crippen LogP contribution in [0.4, 0.5) is 11.4 Å². The molecule has 5 atom stereocenters. The van der Waals surface area contributed by atoms with Crippen molar-refractivity contribution in [3.63, 3.8) is 0 Å². The van der Waals surface area contributed by atoms with Gasteiger partial charge in [-0.25, -0.2) is 0 Å². The second kappa shape index (κ2) is 11.3. The summed E-state index contributed by atoms with van der Waals surface area (Å²) in [5.41, 5.74) is 1.32. The maximum Gasteiger partial charge on any atom is 0.248 e. The average Bonchev–Trinajstić information content (AvgIpc) is 3.55. The molecule has 3 heterocycles. The zero-order valence-electron chi connectivity index (χ0n) is 24.0. The Hall–Kier alpha value is -3.56. The Kier molecular flexibility index (Phi) is 7.66. The Morgan fingerprint density at radius 1 is 0.976 bits per heavy atom. The van der Waals surface area contributed by atoms with Crippen LogP contribution in [0.25, 0.3) is 10.8 Å². The monoisotopic (exact) mass is 587 g/mol. The maximum absolute atomic E-state index is 14.2. The van der Waals surface area contributed by atoms with E-state index in [4.69, 9.17) is 4.74 Å². The Morgan fingerprint density at radius 3 is 2.43 bits per heavy atom. The van der Waals surface area contributed by atoms with Crippen LogP contribution in [0.1, 0.15) is 39.5 Å². The van der Waals surface area contributed by atoms with Crippen LogP contribution in [0, 0.1) is 11.8 Å². The molecule has 6 rings (SSSR count). The summed E-state index contributed by atoms with van der Waals surface area (Å²) >= 11 is 1.65. The van der Waals surface area contributed by atoms with E-state index in [1.54, 1.807) is 28.8 Å². The molecule has 3 saturated heterocycles. The fraction of sp³-hybridized carbons (Fsp3) is 0.424. The van der Waals surface area contributed by atoms with Gasteiger partial charge in [0.2, 0.25) is 17.7 Å². The predicted molar refractivity (Wildman–Crippen MR) is 166 cm³/mol. The molecule has 0 aliphatic carbocycles. The summed E-state index contributed by atoms with van der Waals surface area (Å²) in [6, 6.07) is 20.3. The summed E-state index contributed by atoms with van der Waals surface area (Å²) < 4.78 is 4.36. The van der Waals surface area contributed by atoms with Crippen LogP contribution in [0.15, 0.2) is 66.7 Å². The third kappa shape index (κ3) is 4.82. The molecule has 1 spiro atoms. The van der Waals surface area contributed by atoms with Gasteiger partial charge in [-0.2, -0.15) is 0 Å². The molecule has 3 aromatic carbocycles. The van der Waals surface area contributed by atoms with E-state index in [2.05, 4.69) is 17.6 Å². The topological polar surface area (TPSA) is 108 Å². The van der Waals surface area contributed by atoms with E-state index in [0.29, 0.717) is 43.8 Å². The number of aliphatic hydroxyl groups excluding tert-OH is 1. The van der Waals surface area contributed by atoms with Crippen LogP contribution >= 0.6 is 11.8 Å². The van der Waals surface area contributed by atoms with Gasteiger partial charge in [-0.1, -0.05) is 30.3 Å². The zero-order chi connectivity index (χ0) is 29.5. The van der Waals surface area contributed by atoms with Crippen molar-refractivity contribution in [1.29, 1.82) is 0 Å². The quantitative estimate of drug-likeness (QED) is 0.286. The standard InChI is InChI=1S/C33H37N3O5S/c1-3-41-25-14-12-23(13-15-25)34-29(38)26-27-31(40)36(18-6-7-19-37)28(33(27)17-16-32(26,2)42-33)30(39)35-24-11-10-21-8-4-5-9-22(21)20-24/h4-5,8-15,20,26-28,37H,3,6-7,16-19H2,1-2H3,(H,34,38)(H,35,39)/t26-,27+,28?,32+,33?/m1/s1. The van der Waals surface area contributed by atoms with Crippen molar-refractivity contribution < 1.29 is 24.2 Å². The first-order valence-corrected chi connectivity index (χ1v) is 15.6. The third-order valence-electron chi connectivity index (χ3n) is 9.06. The van der Waals surface area contributed by atoms with E-state index >= 15 is 0 Å². The molecule has 3 aliphatic rings. The highest BCUT2D eigenvalue weighted by molar-refractivity contribution is 8.02. The van der Waals surface area contributed by atoms with Crippen molar-refractivity contribution in [3.05, 3.63) is 66.7 Å². The Balaban J connectivity index is 1.30. The molecular formula is C33H37N3O5S. The fourth-order valence-corrected chi connectivity index (χ4v) is 9.62. The Labute approximate surface area is 250 Å². The summed E-state index contributed by atoms with van der Waals surface area (Å²) in [6.07, 6.45) is 2.54. The first kappa shape index (κ1) is 28.6. The number of ether oxygens (including phenoxy) is 1. The number of unbranched alkanes of at least 4 members (excludes halogenated alkanes) is 1. The highest BCUT2D eigenvalue weighted by atomic mass is 32.2. The van der Waals surface area contributed by atoms with E-state index in [-0.39, 0.29) is 24.3 Å². The van der Waals surface area contributed by atoms with Gasteiger partial charge in [0.05, 0.1) is 23.2 Å². The molecule has 0 radical (unpaired) electrons. The summed E-state index contributed by atoms with van der Waals surface area (Å²) in [5, 5.41) is 17.7. The van der Waals surface area contributed by atoms with E-state index in [1.807, 2.05) is 61.5 Å². The van der Waals surface area contributed by atoms with E-state index < -0.39 is 27.4 Å². The lowest BCUT2D eigenvalue weighted by Crippen LogP contribution is -2.51. The van der Waals surface area contributed by atoms with Crippen molar-refractivity contribution in [3.8, 4) is 5.75 Å². The third-order valence-corrected chi connectivity index (χ3v) is 11.1. The number of amides is 3. The minimum Gasteiger partial charge on any atom is -0.494 e. The molecule has 220 valence electrons. The van der Waals surface area contributed by atoms with Crippen molar-refractivity contribution in [2.24, 2.45) is 11.8 Å². The normalized spacial score (nSPS) is 27.7. The van der Waals surface area contributed by atoms with Crippen LogP contribution in [0.5, 0.6) is 5.75 Å². The summed E-state index contributed by atoms with van der Waals surface area (Å²) in [5.74, 6) is -1.02. The molecule has 3 aliphatic heterocycles. The van der Waals surface area contributed by atoms with Crippen LogP contribution in [-0.2, 0) is 14.4 Å². The van der Waals surface area contributed by atoms with E-state index in [9.17, 15) is 19.5 Å². The number of hydrogen-bond acceptors (Lipinski definition) is 6. The van der Waals surface area contributed by atoms with Crippen molar-refractivity contribution in [2.45, 2.75) is 55.1 Å². The van der Waals surface area contributed by atoms with Gasteiger partial charge >= 0.3 is 0 Å². The number of carbonyl (C=O) groups excluding carboxylic acids is 3. The number of nitrogens with zero attached hydrogens (tertiary/aromatic N) is 1. The molecule has 2 bridgehead atoms. The highest BCUT2D eigenvalue weighted by Gasteiger charge is 2.77. The minimum atomic E-state index is -0.713. The lowest BCUT2D eigenvalue weighted by Gasteiger charge is -2.34. The number of thioether (sulfide) groups is 1. The SMILES string of the molecule is CCOc1ccc(NC(=O)[C@H]2[C@H]3C(=O)N(CCCCO)C(C(=O)Nc4ccc5ccccc5c4)C34CC[C@]2(C)S4)cc1. The number of aliphatic hydroxyl groups is 1. The number of nitrogens with one attached hydrogen (secondary N) is 2. The van der Waals surface area contributed by atoms with Crippen molar-refractivity contribution in [1.82, 2.24) is 4.90 Å². The number of rotatable bonds is 10. The second-order valence-electron chi connectivity index (χ2n) is 11.7. The first-order chi connectivity index (χ1) is 20.3. The zero-order valence-corrected chi connectivity index (χ0v) is 24.8. The molecule has 3 amide bonds. The van der Waals surface area contributed by atoms with Gasteiger partial charge in [-0.05, 0) is 86.7 Å². The molecule has 0 saturated carbocycles. The van der Waals surface area contributed by atoms with Gasteiger partial charge in [0.1, 0.15) is 11.8 Å². The molecule has 3 fully saturated rings. The maximum atomic E-state index is 14.2. The lowest BCUT2D eigenvalue weighted by molar-refractivity contribution is -0.139. The molecule has 0 aromatic heterocycles. The van der Waals surface area contributed by atoms with Crippen LogP contribution in [0.3, 0.4) is 0 Å².